The number of hydrogen-bond acceptors (Lipinski definition) is 2. The molecule has 0 aromatic heterocycles. The first-order valence-corrected chi connectivity index (χ1v) is 7.94. The number of halogens is 2. The van der Waals surface area contributed by atoms with Gasteiger partial charge in [0.25, 0.3) is 0 Å². The lowest BCUT2D eigenvalue weighted by molar-refractivity contribution is -0.145. The van der Waals surface area contributed by atoms with Crippen LogP contribution in [0.2, 0.25) is 10.0 Å². The minimum Gasteiger partial charge on any atom is -0.478 e. The Morgan fingerprint density at radius 1 is 1.09 bits per heavy atom. The molecule has 0 saturated heterocycles. The molecule has 122 valence electrons. The highest BCUT2D eigenvalue weighted by atomic mass is 35.5. The number of carbonyl (C=O) groups is 1. The van der Waals surface area contributed by atoms with E-state index in [1.54, 1.807) is 18.2 Å². The number of aryl methyl sites for hydroxylation is 2. The van der Waals surface area contributed by atoms with Gasteiger partial charge in [0.15, 0.2) is 6.10 Å². The minimum atomic E-state index is -1.03. The lowest BCUT2D eigenvalue weighted by atomic mass is 10.0. The molecule has 0 bridgehead atoms. The lowest BCUT2D eigenvalue weighted by Crippen LogP contribution is -2.29. The van der Waals surface area contributed by atoms with E-state index in [0.717, 1.165) is 22.3 Å². The van der Waals surface area contributed by atoms with Crippen LogP contribution in [0.15, 0.2) is 30.3 Å². The van der Waals surface area contributed by atoms with Gasteiger partial charge in [-0.05, 0) is 67.3 Å². The van der Waals surface area contributed by atoms with Gasteiger partial charge >= 0.3 is 5.97 Å². The molecule has 0 saturated carbocycles. The molecular formula is C18H18Cl2O3. The first-order valence-electron chi connectivity index (χ1n) is 7.18. The van der Waals surface area contributed by atoms with E-state index in [0.29, 0.717) is 15.8 Å². The van der Waals surface area contributed by atoms with E-state index in [1.807, 2.05) is 32.9 Å². The second-order valence-corrected chi connectivity index (χ2v) is 6.50. The van der Waals surface area contributed by atoms with Crippen LogP contribution in [0.25, 0.3) is 0 Å². The normalized spacial score (nSPS) is 12.0. The lowest BCUT2D eigenvalue weighted by Gasteiger charge is -2.18. The maximum atomic E-state index is 11.6. The van der Waals surface area contributed by atoms with Gasteiger partial charge in [-0.1, -0.05) is 29.3 Å². The number of benzene rings is 2. The molecule has 0 aliphatic rings. The smallest absolute Gasteiger partial charge is 0.345 e. The standard InChI is InChI=1S/C18H18Cl2O3/c1-10-4-11(2)12(3)16(5-10)23-17(18(21)22)8-13-6-14(19)9-15(20)7-13/h4-7,9,17H,8H2,1-3H3,(H,21,22)/t17-/m0/s1. The second kappa shape index (κ2) is 7.24. The molecule has 3 nitrogen and oxygen atoms in total. The minimum absolute atomic E-state index is 0.183. The van der Waals surface area contributed by atoms with Crippen LogP contribution < -0.4 is 4.74 Å². The second-order valence-electron chi connectivity index (χ2n) is 5.63. The van der Waals surface area contributed by atoms with E-state index in [2.05, 4.69) is 0 Å². The SMILES string of the molecule is Cc1cc(C)c(C)c(O[C@@H](Cc2cc(Cl)cc(Cl)c2)C(=O)O)c1. The fraction of sp³-hybridized carbons (Fsp3) is 0.278. The van der Waals surface area contributed by atoms with Gasteiger partial charge in [-0.25, -0.2) is 4.79 Å². The Morgan fingerprint density at radius 2 is 1.70 bits per heavy atom. The number of ether oxygens (including phenoxy) is 1. The average Bonchev–Trinajstić information content (AvgIpc) is 2.42. The van der Waals surface area contributed by atoms with Gasteiger partial charge in [-0.15, -0.1) is 0 Å². The summed E-state index contributed by atoms with van der Waals surface area (Å²) in [6, 6.07) is 8.89. The van der Waals surface area contributed by atoms with Crippen molar-refractivity contribution in [2.75, 3.05) is 0 Å². The van der Waals surface area contributed by atoms with Crippen LogP contribution in [0, 0.1) is 20.8 Å². The predicted molar refractivity (Wildman–Crippen MR) is 92.9 cm³/mol. The monoisotopic (exact) mass is 352 g/mol. The number of aliphatic carboxylic acids is 1. The van der Waals surface area contributed by atoms with Crippen molar-refractivity contribution < 1.29 is 14.6 Å². The van der Waals surface area contributed by atoms with Gasteiger partial charge in [0.05, 0.1) is 0 Å². The topological polar surface area (TPSA) is 46.5 Å². The third-order valence-corrected chi connectivity index (χ3v) is 4.09. The third-order valence-electron chi connectivity index (χ3n) is 3.65. The van der Waals surface area contributed by atoms with Crippen molar-refractivity contribution in [2.24, 2.45) is 0 Å². The van der Waals surface area contributed by atoms with E-state index in [-0.39, 0.29) is 6.42 Å². The zero-order valence-corrected chi connectivity index (χ0v) is 14.7. The summed E-state index contributed by atoms with van der Waals surface area (Å²) >= 11 is 11.9. The Labute approximate surface area is 145 Å². The fourth-order valence-electron chi connectivity index (χ4n) is 2.40. The van der Waals surface area contributed by atoms with Crippen molar-refractivity contribution in [1.82, 2.24) is 0 Å². The molecule has 5 heteroatoms. The van der Waals surface area contributed by atoms with Gasteiger partial charge in [0.2, 0.25) is 0 Å². The van der Waals surface area contributed by atoms with E-state index < -0.39 is 12.1 Å². The highest BCUT2D eigenvalue weighted by Crippen LogP contribution is 2.26. The number of carboxylic acids is 1. The molecule has 0 heterocycles. The van der Waals surface area contributed by atoms with Gasteiger partial charge in [-0.3, -0.25) is 0 Å². The molecule has 0 fully saturated rings. The van der Waals surface area contributed by atoms with Gasteiger partial charge < -0.3 is 9.84 Å². The summed E-state index contributed by atoms with van der Waals surface area (Å²) < 4.78 is 5.77. The first-order chi connectivity index (χ1) is 10.8. The van der Waals surface area contributed by atoms with Crippen molar-refractivity contribution in [2.45, 2.75) is 33.3 Å². The number of hydrogen-bond donors (Lipinski definition) is 1. The molecular weight excluding hydrogens is 335 g/mol. The zero-order valence-electron chi connectivity index (χ0n) is 13.2. The molecule has 2 aromatic rings. The summed E-state index contributed by atoms with van der Waals surface area (Å²) in [5.74, 6) is -0.442. The van der Waals surface area contributed by atoms with Crippen molar-refractivity contribution in [3.05, 3.63) is 62.6 Å². The molecule has 0 amide bonds. The maximum Gasteiger partial charge on any atom is 0.345 e. The van der Waals surface area contributed by atoms with Crippen molar-refractivity contribution in [3.63, 3.8) is 0 Å². The summed E-state index contributed by atoms with van der Waals surface area (Å²) in [6.45, 7) is 5.84. The molecule has 0 spiro atoms. The van der Waals surface area contributed by atoms with Crippen LogP contribution in [-0.2, 0) is 11.2 Å². The molecule has 0 aliphatic heterocycles. The summed E-state index contributed by atoms with van der Waals surface area (Å²) in [5.41, 5.74) is 3.75. The van der Waals surface area contributed by atoms with E-state index in [4.69, 9.17) is 27.9 Å². The van der Waals surface area contributed by atoms with E-state index >= 15 is 0 Å². The van der Waals surface area contributed by atoms with Crippen molar-refractivity contribution in [3.8, 4) is 5.75 Å². The third kappa shape index (κ3) is 4.63. The van der Waals surface area contributed by atoms with Crippen molar-refractivity contribution >= 4 is 29.2 Å². The van der Waals surface area contributed by atoms with Crippen LogP contribution in [-0.4, -0.2) is 17.2 Å². The molecule has 2 rings (SSSR count). The molecule has 0 radical (unpaired) electrons. The molecule has 0 aliphatic carbocycles. The average molecular weight is 353 g/mol. The molecule has 2 aromatic carbocycles. The molecule has 0 unspecified atom stereocenters. The van der Waals surface area contributed by atoms with Crippen LogP contribution in [0.3, 0.4) is 0 Å². The Balaban J connectivity index is 2.28. The summed E-state index contributed by atoms with van der Waals surface area (Å²) in [4.78, 5) is 11.6. The fourth-order valence-corrected chi connectivity index (χ4v) is 2.97. The van der Waals surface area contributed by atoms with Crippen molar-refractivity contribution in [1.29, 1.82) is 0 Å². The zero-order chi connectivity index (χ0) is 17.1. The highest BCUT2D eigenvalue weighted by Gasteiger charge is 2.22. The van der Waals surface area contributed by atoms with Crippen LogP contribution in [0.4, 0.5) is 0 Å². The predicted octanol–water partition coefficient (Wildman–Crippen LogP) is 4.99. The molecule has 23 heavy (non-hydrogen) atoms. The van der Waals surface area contributed by atoms with Gasteiger partial charge in [0, 0.05) is 16.5 Å². The number of carboxylic acid groups (broad SMARTS) is 1. The largest absolute Gasteiger partial charge is 0.478 e. The van der Waals surface area contributed by atoms with Crippen LogP contribution >= 0.6 is 23.2 Å². The highest BCUT2D eigenvalue weighted by molar-refractivity contribution is 6.34. The Morgan fingerprint density at radius 3 is 2.26 bits per heavy atom. The molecule has 1 atom stereocenters. The van der Waals surface area contributed by atoms with Crippen LogP contribution in [0.5, 0.6) is 5.75 Å². The number of rotatable bonds is 5. The Hall–Kier alpha value is -1.71. The molecule has 1 N–H and O–H groups in total. The summed E-state index contributed by atoms with van der Waals surface area (Å²) in [7, 11) is 0. The Bertz CT molecular complexity index is 721. The van der Waals surface area contributed by atoms with E-state index in [9.17, 15) is 9.90 Å². The van der Waals surface area contributed by atoms with Gasteiger partial charge in [0.1, 0.15) is 5.75 Å². The summed E-state index contributed by atoms with van der Waals surface area (Å²) in [5, 5.41) is 10.4. The maximum absolute atomic E-state index is 11.6. The van der Waals surface area contributed by atoms with Gasteiger partial charge in [-0.2, -0.15) is 0 Å². The van der Waals surface area contributed by atoms with E-state index in [1.165, 1.54) is 0 Å². The summed E-state index contributed by atoms with van der Waals surface area (Å²) in [6.07, 6.45) is -0.827. The first kappa shape index (κ1) is 17.6. The Kier molecular flexibility index (Phi) is 5.55. The quantitative estimate of drug-likeness (QED) is 0.823. The van der Waals surface area contributed by atoms with Crippen LogP contribution in [0.1, 0.15) is 22.3 Å².